The molecule has 1 aromatic heterocycles. The number of nitrogens with one attached hydrogen (secondary N) is 1. The second-order valence-corrected chi connectivity index (χ2v) is 14.9. The van der Waals surface area contributed by atoms with Crippen LogP contribution in [0, 0.1) is 0 Å². The van der Waals surface area contributed by atoms with Gasteiger partial charge in [-0.25, -0.2) is 9.59 Å². The van der Waals surface area contributed by atoms with E-state index in [1.807, 2.05) is 60.7 Å². The molecule has 65 heavy (non-hydrogen) atoms. The zero-order valence-electron chi connectivity index (χ0n) is 34.9. The number of ether oxygens (including phenoxy) is 2. The van der Waals surface area contributed by atoms with Crippen molar-refractivity contribution in [1.29, 1.82) is 0 Å². The highest BCUT2D eigenvalue weighted by Crippen LogP contribution is 2.30. The predicted octanol–water partition coefficient (Wildman–Crippen LogP) is 7.21. The van der Waals surface area contributed by atoms with Crippen molar-refractivity contribution in [1.82, 2.24) is 35.1 Å². The number of benzene rings is 4. The van der Waals surface area contributed by atoms with Crippen molar-refractivity contribution in [2.75, 3.05) is 59.2 Å². The second-order valence-electron chi connectivity index (χ2n) is 14.9. The fourth-order valence-corrected chi connectivity index (χ4v) is 6.71. The van der Waals surface area contributed by atoms with Gasteiger partial charge in [0, 0.05) is 63.5 Å². The van der Waals surface area contributed by atoms with Crippen LogP contribution in [0.25, 0.3) is 11.5 Å². The molecule has 0 unspecified atom stereocenters. The quantitative estimate of drug-likeness (QED) is 0.101. The van der Waals surface area contributed by atoms with Gasteiger partial charge in [0.2, 0.25) is 5.89 Å². The number of ketones is 1. The summed E-state index contributed by atoms with van der Waals surface area (Å²) in [5, 5.41) is 8.08. The summed E-state index contributed by atoms with van der Waals surface area (Å²) in [6.07, 6.45) is -9.73. The number of amides is 5. The number of halogens is 6. The standard InChI is InChI=1S/C23H24F3N3O4.C22H21F3N4O3/c24-23(25,26)21(31)27-14-20(30)19-8-6-18(7-9-19)16-29(15-17-4-2-1-3-5-17)22(32)28-10-12-33-13-11-28;23-22(24,25)20-27-26-19(32-20)18-8-6-17(7-9-18)15-29(14-16-4-2-1-3-5-16)21(30)28-10-12-31-13-11-28/h1-9H,10-16H2,(H,27,31);1-9H,10-15H2. The fraction of sp³-hybridized carbons (Fsp3) is 0.333. The average molecular weight is 910 g/mol. The van der Waals surface area contributed by atoms with Crippen molar-refractivity contribution in [3.8, 4) is 11.5 Å². The van der Waals surface area contributed by atoms with Crippen molar-refractivity contribution in [2.45, 2.75) is 38.5 Å². The van der Waals surface area contributed by atoms with Gasteiger partial charge in [0.25, 0.3) is 0 Å². The maximum Gasteiger partial charge on any atom is 0.471 e. The number of hydrogen-bond acceptors (Lipinski definition) is 9. The molecule has 2 saturated heterocycles. The number of carbonyl (C=O) groups excluding carboxylic acids is 4. The molecule has 5 aromatic rings. The van der Waals surface area contributed by atoms with Gasteiger partial charge in [0.15, 0.2) is 5.78 Å². The molecule has 0 radical (unpaired) electrons. The van der Waals surface area contributed by atoms with E-state index in [1.54, 1.807) is 61.3 Å². The van der Waals surface area contributed by atoms with Crippen LogP contribution in [0.3, 0.4) is 0 Å². The first-order valence-corrected chi connectivity index (χ1v) is 20.4. The molecule has 2 fully saturated rings. The Morgan fingerprint density at radius 2 is 0.985 bits per heavy atom. The highest BCUT2D eigenvalue weighted by molar-refractivity contribution is 5.99. The first kappa shape index (κ1) is 47.7. The van der Waals surface area contributed by atoms with Gasteiger partial charge in [0.05, 0.1) is 33.0 Å². The van der Waals surface area contributed by atoms with E-state index >= 15 is 0 Å². The van der Waals surface area contributed by atoms with E-state index in [-0.39, 0.29) is 30.1 Å². The van der Waals surface area contributed by atoms with Gasteiger partial charge in [-0.05, 0) is 34.4 Å². The molecule has 7 rings (SSSR count). The van der Waals surface area contributed by atoms with Crippen LogP contribution in [0.2, 0.25) is 0 Å². The molecule has 1 N–H and O–H groups in total. The van der Waals surface area contributed by atoms with Crippen molar-refractivity contribution in [2.24, 2.45) is 0 Å². The van der Waals surface area contributed by atoms with E-state index in [2.05, 4.69) is 10.2 Å². The summed E-state index contributed by atoms with van der Waals surface area (Å²) in [5.74, 6) is -4.41. The van der Waals surface area contributed by atoms with Crippen LogP contribution >= 0.6 is 0 Å². The Balaban J connectivity index is 0.000000215. The molecule has 2 aliphatic heterocycles. The number of alkyl halides is 6. The van der Waals surface area contributed by atoms with Crippen molar-refractivity contribution in [3.05, 3.63) is 143 Å². The van der Waals surface area contributed by atoms with Gasteiger partial charge >= 0.3 is 36.2 Å². The maximum atomic E-state index is 13.1. The molecular weight excluding hydrogens is 865 g/mol. The molecule has 3 heterocycles. The molecule has 14 nitrogen and oxygen atoms in total. The topological polar surface area (TPSA) is 151 Å². The van der Waals surface area contributed by atoms with Crippen LogP contribution in [-0.4, -0.2) is 119 Å². The number of Topliss-reactive ketones (excluding diaryl/α,β-unsaturated/α-hetero) is 1. The first-order chi connectivity index (χ1) is 31.1. The molecule has 20 heteroatoms. The van der Waals surface area contributed by atoms with Crippen molar-refractivity contribution in [3.63, 3.8) is 0 Å². The van der Waals surface area contributed by atoms with Crippen LogP contribution in [0.1, 0.15) is 38.5 Å². The summed E-state index contributed by atoms with van der Waals surface area (Å²) >= 11 is 0. The first-order valence-electron chi connectivity index (χ1n) is 20.4. The van der Waals surface area contributed by atoms with Crippen LogP contribution in [0.5, 0.6) is 0 Å². The molecule has 2 aliphatic rings. The third kappa shape index (κ3) is 14.1. The minimum absolute atomic E-state index is 0.0899. The zero-order valence-corrected chi connectivity index (χ0v) is 34.9. The van der Waals surface area contributed by atoms with E-state index in [4.69, 9.17) is 13.9 Å². The average Bonchev–Trinajstić information content (AvgIpc) is 3.83. The minimum atomic E-state index is -5.04. The number of rotatable bonds is 12. The molecule has 5 amide bonds. The maximum absolute atomic E-state index is 13.1. The lowest BCUT2D eigenvalue weighted by Crippen LogP contribution is -2.47. The molecule has 4 aromatic carbocycles. The van der Waals surface area contributed by atoms with Crippen LogP contribution in [0.4, 0.5) is 35.9 Å². The SMILES string of the molecule is O=C(CNC(=O)C(F)(F)F)c1ccc(CN(Cc2ccccc2)C(=O)N2CCOCC2)cc1.O=C(N1CCOCC1)N(Cc1ccccc1)Cc1ccc(-c2nnc(C(F)(F)F)o2)cc1. The summed E-state index contributed by atoms with van der Waals surface area (Å²) in [6, 6.07) is 31.9. The Bertz CT molecular complexity index is 2320. The summed E-state index contributed by atoms with van der Waals surface area (Å²) < 4.78 is 90.2. The molecule has 0 saturated carbocycles. The smallest absolute Gasteiger partial charge is 0.413 e. The van der Waals surface area contributed by atoms with Crippen LogP contribution in [0.15, 0.2) is 114 Å². The molecule has 344 valence electrons. The van der Waals surface area contributed by atoms with Gasteiger partial charge in [-0.3, -0.25) is 9.59 Å². The monoisotopic (exact) mass is 909 g/mol. The zero-order chi connectivity index (χ0) is 46.4. The Morgan fingerprint density at radius 1 is 0.569 bits per heavy atom. The van der Waals surface area contributed by atoms with E-state index in [0.717, 1.165) is 22.3 Å². The Kier molecular flexibility index (Phi) is 16.3. The lowest BCUT2D eigenvalue weighted by molar-refractivity contribution is -0.173. The normalized spacial score (nSPS) is 14.2. The number of carbonyl (C=O) groups is 4. The number of hydrogen-bond donors (Lipinski definition) is 1. The van der Waals surface area contributed by atoms with Crippen molar-refractivity contribution < 1.29 is 59.4 Å². The molecule has 0 bridgehead atoms. The number of aromatic nitrogens is 2. The largest absolute Gasteiger partial charge is 0.471 e. The summed E-state index contributed by atoms with van der Waals surface area (Å²) in [6.45, 7) is 4.71. The molecular formula is C45H45F6N7O7. The molecule has 0 aliphatic carbocycles. The Morgan fingerprint density at radius 3 is 1.38 bits per heavy atom. The Hall–Kier alpha value is -6.80. The lowest BCUT2D eigenvalue weighted by Gasteiger charge is -2.33. The molecule has 0 atom stereocenters. The van der Waals surface area contributed by atoms with E-state index < -0.39 is 36.5 Å². The summed E-state index contributed by atoms with van der Waals surface area (Å²) in [7, 11) is 0. The predicted molar refractivity (Wildman–Crippen MR) is 222 cm³/mol. The van der Waals surface area contributed by atoms with Gasteiger partial charge < -0.3 is 38.8 Å². The van der Waals surface area contributed by atoms with Crippen molar-refractivity contribution >= 4 is 23.8 Å². The van der Waals surface area contributed by atoms with E-state index in [1.165, 1.54) is 12.1 Å². The van der Waals surface area contributed by atoms with Gasteiger partial charge in [-0.1, -0.05) is 97.1 Å². The highest BCUT2D eigenvalue weighted by Gasteiger charge is 2.39. The second kappa shape index (κ2) is 22.2. The lowest BCUT2D eigenvalue weighted by atomic mass is 10.1. The third-order valence-electron chi connectivity index (χ3n) is 10.1. The van der Waals surface area contributed by atoms with Crippen LogP contribution in [-0.2, 0) is 46.6 Å². The summed E-state index contributed by atoms with van der Waals surface area (Å²) in [4.78, 5) is 56.2. The summed E-state index contributed by atoms with van der Waals surface area (Å²) in [5.41, 5.74) is 4.06. The molecule has 0 spiro atoms. The van der Waals surface area contributed by atoms with Gasteiger partial charge in [-0.15, -0.1) is 10.2 Å². The number of nitrogens with zero attached hydrogens (tertiary/aromatic N) is 6. The van der Waals surface area contributed by atoms with E-state index in [0.29, 0.717) is 77.8 Å². The van der Waals surface area contributed by atoms with Crippen LogP contribution < -0.4 is 5.32 Å². The van der Waals surface area contributed by atoms with Gasteiger partial charge in [-0.2, -0.15) is 26.3 Å². The minimum Gasteiger partial charge on any atom is -0.413 e. The van der Waals surface area contributed by atoms with Gasteiger partial charge in [0.1, 0.15) is 0 Å². The number of morpholine rings is 2. The van der Waals surface area contributed by atoms with E-state index in [9.17, 15) is 45.5 Å². The fourth-order valence-electron chi connectivity index (χ4n) is 6.71. The number of urea groups is 2. The Labute approximate surface area is 369 Å². The highest BCUT2D eigenvalue weighted by atomic mass is 19.4. The third-order valence-corrected chi connectivity index (χ3v) is 10.1.